The molecule has 0 amide bonds. The number of ether oxygens (including phenoxy) is 1. The summed E-state index contributed by atoms with van der Waals surface area (Å²) in [7, 11) is -3.51. The smallest absolute Gasteiger partial charge is 0.245 e. The van der Waals surface area contributed by atoms with Gasteiger partial charge in [-0.2, -0.15) is 4.31 Å². The third-order valence-corrected chi connectivity index (χ3v) is 4.62. The van der Waals surface area contributed by atoms with Gasteiger partial charge in [0.25, 0.3) is 0 Å². The molecular weight excluding hydrogens is 242 g/mol. The van der Waals surface area contributed by atoms with Gasteiger partial charge < -0.3 is 10.5 Å². The molecule has 1 atom stereocenters. The van der Waals surface area contributed by atoms with Crippen molar-refractivity contribution in [2.24, 2.45) is 5.73 Å². The molecule has 0 aromatic carbocycles. The van der Waals surface area contributed by atoms with Gasteiger partial charge in [-0.25, -0.2) is 8.42 Å². The number of nitrogens with zero attached hydrogens (tertiary/aromatic N) is 2. The van der Waals surface area contributed by atoms with E-state index in [0.717, 1.165) is 0 Å². The lowest BCUT2D eigenvalue weighted by Gasteiger charge is -2.33. The zero-order valence-electron chi connectivity index (χ0n) is 9.32. The summed E-state index contributed by atoms with van der Waals surface area (Å²) in [4.78, 5) is 4.02. The van der Waals surface area contributed by atoms with Crippen LogP contribution in [0, 0.1) is 0 Å². The molecule has 0 bridgehead atoms. The number of hydrogen-bond acceptors (Lipinski definition) is 5. The van der Waals surface area contributed by atoms with Crippen molar-refractivity contribution in [2.45, 2.75) is 10.9 Å². The maximum atomic E-state index is 12.3. The number of nitrogens with two attached hydrogens (primary N) is 1. The molecule has 0 aliphatic carbocycles. The van der Waals surface area contributed by atoms with Crippen LogP contribution in [-0.4, -0.2) is 50.1 Å². The molecule has 0 saturated carbocycles. The largest absolute Gasteiger partial charge is 0.378 e. The zero-order valence-corrected chi connectivity index (χ0v) is 10.1. The predicted molar refractivity (Wildman–Crippen MR) is 61.8 cm³/mol. The zero-order chi connectivity index (χ0) is 12.3. The van der Waals surface area contributed by atoms with Crippen LogP contribution < -0.4 is 5.73 Å². The summed E-state index contributed by atoms with van der Waals surface area (Å²) in [6.07, 6.45) is 2.89. The highest BCUT2D eigenvalue weighted by molar-refractivity contribution is 7.89. The lowest BCUT2D eigenvalue weighted by molar-refractivity contribution is 0.0358. The van der Waals surface area contributed by atoms with Gasteiger partial charge in [-0.1, -0.05) is 0 Å². The van der Waals surface area contributed by atoms with Crippen molar-refractivity contribution in [3.8, 4) is 0 Å². The molecule has 1 aliphatic heterocycles. The maximum absolute atomic E-state index is 12.3. The van der Waals surface area contributed by atoms with Crippen molar-refractivity contribution in [2.75, 3.05) is 26.3 Å². The first-order chi connectivity index (χ1) is 8.16. The molecule has 1 aliphatic rings. The van der Waals surface area contributed by atoms with E-state index in [1.807, 2.05) is 0 Å². The van der Waals surface area contributed by atoms with Crippen LogP contribution in [0.5, 0.6) is 0 Å². The molecule has 1 aromatic rings. The molecule has 94 valence electrons. The van der Waals surface area contributed by atoms with E-state index in [1.165, 1.54) is 16.6 Å². The Kier molecular flexibility index (Phi) is 3.72. The summed E-state index contributed by atoms with van der Waals surface area (Å²) in [5.74, 6) is 0. The van der Waals surface area contributed by atoms with Gasteiger partial charge in [-0.3, -0.25) is 4.98 Å². The second-order valence-electron chi connectivity index (χ2n) is 3.77. The van der Waals surface area contributed by atoms with Gasteiger partial charge in [0.1, 0.15) is 4.90 Å². The molecule has 2 rings (SSSR count). The topological polar surface area (TPSA) is 85.5 Å². The minimum absolute atomic E-state index is 0.195. The van der Waals surface area contributed by atoms with Crippen LogP contribution in [-0.2, 0) is 14.8 Å². The molecule has 6 nitrogen and oxygen atoms in total. The molecule has 1 unspecified atom stereocenters. The Morgan fingerprint density at radius 3 is 3.06 bits per heavy atom. The highest BCUT2D eigenvalue weighted by Gasteiger charge is 2.33. The van der Waals surface area contributed by atoms with E-state index in [2.05, 4.69) is 4.98 Å². The molecule has 2 N–H and O–H groups in total. The van der Waals surface area contributed by atoms with Gasteiger partial charge in [0, 0.05) is 25.5 Å². The monoisotopic (exact) mass is 257 g/mol. The molecule has 17 heavy (non-hydrogen) atoms. The number of sulfonamides is 1. The standard InChI is InChI=1S/C10H15N3O3S/c11-6-9-8-16-5-4-13(9)17(14,15)10-2-1-3-12-7-10/h1-3,7,9H,4-6,8,11H2. The minimum Gasteiger partial charge on any atom is -0.378 e. The summed E-state index contributed by atoms with van der Waals surface area (Å²) in [5, 5.41) is 0. The normalized spacial score (nSPS) is 22.5. The van der Waals surface area contributed by atoms with Gasteiger partial charge >= 0.3 is 0 Å². The molecule has 1 fully saturated rings. The summed E-state index contributed by atoms with van der Waals surface area (Å²) >= 11 is 0. The SMILES string of the molecule is NCC1COCCN1S(=O)(=O)c1cccnc1. The van der Waals surface area contributed by atoms with Crippen molar-refractivity contribution in [3.05, 3.63) is 24.5 Å². The second-order valence-corrected chi connectivity index (χ2v) is 5.66. The Morgan fingerprint density at radius 2 is 2.41 bits per heavy atom. The third-order valence-electron chi connectivity index (χ3n) is 2.69. The van der Waals surface area contributed by atoms with E-state index in [4.69, 9.17) is 10.5 Å². The first-order valence-electron chi connectivity index (χ1n) is 5.36. The van der Waals surface area contributed by atoms with Gasteiger partial charge in [0.05, 0.1) is 19.3 Å². The third kappa shape index (κ3) is 2.47. The van der Waals surface area contributed by atoms with Crippen LogP contribution in [0.15, 0.2) is 29.4 Å². The Balaban J connectivity index is 2.31. The van der Waals surface area contributed by atoms with Gasteiger partial charge in [0.2, 0.25) is 10.0 Å². The first kappa shape index (κ1) is 12.4. The van der Waals surface area contributed by atoms with Crippen LogP contribution in [0.2, 0.25) is 0 Å². The minimum atomic E-state index is -3.51. The van der Waals surface area contributed by atoms with Crippen molar-refractivity contribution >= 4 is 10.0 Å². The summed E-state index contributed by atoms with van der Waals surface area (Å²) in [6.45, 7) is 1.32. The van der Waals surface area contributed by atoms with E-state index < -0.39 is 10.0 Å². The van der Waals surface area contributed by atoms with Gasteiger partial charge in [-0.15, -0.1) is 0 Å². The van der Waals surface area contributed by atoms with Crippen LogP contribution in [0.3, 0.4) is 0 Å². The molecule has 7 heteroatoms. The Labute approximate surface area is 100 Å². The quantitative estimate of drug-likeness (QED) is 0.783. The highest BCUT2D eigenvalue weighted by Crippen LogP contribution is 2.19. The van der Waals surface area contributed by atoms with E-state index in [0.29, 0.717) is 19.8 Å². The van der Waals surface area contributed by atoms with E-state index in [-0.39, 0.29) is 17.5 Å². The van der Waals surface area contributed by atoms with E-state index in [9.17, 15) is 8.42 Å². The predicted octanol–water partition coefficient (Wildman–Crippen LogP) is -0.570. The fraction of sp³-hybridized carbons (Fsp3) is 0.500. The maximum Gasteiger partial charge on any atom is 0.245 e. The average Bonchev–Trinajstić information content (AvgIpc) is 2.39. The van der Waals surface area contributed by atoms with Crippen LogP contribution in [0.1, 0.15) is 0 Å². The lowest BCUT2D eigenvalue weighted by Crippen LogP contribution is -2.51. The Hall–Kier alpha value is -1.02. The first-order valence-corrected chi connectivity index (χ1v) is 6.80. The van der Waals surface area contributed by atoms with Crippen molar-refractivity contribution < 1.29 is 13.2 Å². The number of rotatable bonds is 3. The fourth-order valence-corrected chi connectivity index (χ4v) is 3.35. The molecule has 0 radical (unpaired) electrons. The number of morpholine rings is 1. The Bertz CT molecular complexity index is 463. The van der Waals surface area contributed by atoms with Gasteiger partial charge in [-0.05, 0) is 12.1 Å². The number of aromatic nitrogens is 1. The van der Waals surface area contributed by atoms with Crippen molar-refractivity contribution in [3.63, 3.8) is 0 Å². The second kappa shape index (κ2) is 5.09. The van der Waals surface area contributed by atoms with Crippen molar-refractivity contribution in [1.82, 2.24) is 9.29 Å². The van der Waals surface area contributed by atoms with Gasteiger partial charge in [0.15, 0.2) is 0 Å². The van der Waals surface area contributed by atoms with Crippen LogP contribution >= 0.6 is 0 Å². The van der Waals surface area contributed by atoms with E-state index in [1.54, 1.807) is 12.3 Å². The Morgan fingerprint density at radius 1 is 1.59 bits per heavy atom. The molecular formula is C10H15N3O3S. The molecule has 0 spiro atoms. The van der Waals surface area contributed by atoms with E-state index >= 15 is 0 Å². The number of pyridine rings is 1. The summed E-state index contributed by atoms with van der Waals surface area (Å²) < 4.78 is 31.3. The van der Waals surface area contributed by atoms with Crippen LogP contribution in [0.25, 0.3) is 0 Å². The molecule has 2 heterocycles. The molecule has 1 saturated heterocycles. The summed E-state index contributed by atoms with van der Waals surface area (Å²) in [6, 6.07) is 2.84. The van der Waals surface area contributed by atoms with Crippen LogP contribution in [0.4, 0.5) is 0 Å². The van der Waals surface area contributed by atoms with Crippen molar-refractivity contribution in [1.29, 1.82) is 0 Å². The molecule has 1 aromatic heterocycles. The summed E-state index contributed by atoms with van der Waals surface area (Å²) in [5.41, 5.74) is 5.57. The average molecular weight is 257 g/mol. The lowest BCUT2D eigenvalue weighted by atomic mass is 10.3. The fourth-order valence-electron chi connectivity index (χ4n) is 1.78. The number of hydrogen-bond donors (Lipinski definition) is 1. The highest BCUT2D eigenvalue weighted by atomic mass is 32.2.